The Morgan fingerprint density at radius 1 is 1.24 bits per heavy atom. The predicted molar refractivity (Wildman–Crippen MR) is 83.7 cm³/mol. The number of H-pyrrole nitrogens is 1. The number of imidazole rings is 1. The fourth-order valence-corrected chi connectivity index (χ4v) is 3.81. The number of aromatic amines is 1. The number of nitrogens with one attached hydrogen (secondary N) is 1. The lowest BCUT2D eigenvalue weighted by Gasteiger charge is -2.02. The summed E-state index contributed by atoms with van der Waals surface area (Å²) < 4.78 is 0. The number of halogens is 1. The van der Waals surface area contributed by atoms with Gasteiger partial charge in [-0.05, 0) is 11.4 Å². The largest absolute Gasteiger partial charge is 0.341 e. The Hall–Kier alpha value is -1.77. The smallest absolute Gasteiger partial charge is 0.181 e. The van der Waals surface area contributed by atoms with Gasteiger partial charge in [-0.25, -0.2) is 24.9 Å². The molecule has 0 bridgehead atoms. The Labute approximate surface area is 132 Å². The standard InChI is InChI=1S/C12H7ClN6S2/c13-9-6-1-2-20-11(6)19-7(18-9)3-21-12-8-10(15-4-14-8)16-5-17-12/h1-2,4-5H,3H2,(H,14,15,16,17). The van der Waals surface area contributed by atoms with Gasteiger partial charge >= 0.3 is 0 Å². The zero-order valence-electron chi connectivity index (χ0n) is 10.4. The Kier molecular flexibility index (Phi) is 3.21. The number of thiophene rings is 1. The lowest BCUT2D eigenvalue weighted by atomic mass is 10.4. The van der Waals surface area contributed by atoms with E-state index in [1.165, 1.54) is 18.1 Å². The third-order valence-corrected chi connectivity index (χ3v) is 4.93. The molecule has 0 aliphatic rings. The van der Waals surface area contributed by atoms with Crippen LogP contribution in [0.15, 0.2) is 29.1 Å². The summed E-state index contributed by atoms with van der Waals surface area (Å²) in [4.78, 5) is 25.2. The topological polar surface area (TPSA) is 80.2 Å². The SMILES string of the molecule is Clc1nc(CSc2ncnc3nc[nH]c23)nc2sccc12. The summed E-state index contributed by atoms with van der Waals surface area (Å²) in [5, 5.41) is 4.17. The molecule has 0 saturated carbocycles. The third kappa shape index (κ3) is 2.35. The molecule has 0 spiro atoms. The summed E-state index contributed by atoms with van der Waals surface area (Å²) in [5.74, 6) is 1.27. The van der Waals surface area contributed by atoms with Gasteiger partial charge in [-0.2, -0.15) is 0 Å². The van der Waals surface area contributed by atoms with Crippen LogP contribution in [0.1, 0.15) is 5.82 Å². The van der Waals surface area contributed by atoms with Gasteiger partial charge in [0.1, 0.15) is 32.7 Å². The van der Waals surface area contributed by atoms with Crippen molar-refractivity contribution in [2.24, 2.45) is 0 Å². The van der Waals surface area contributed by atoms with E-state index >= 15 is 0 Å². The van der Waals surface area contributed by atoms with Crippen LogP contribution in [0, 0.1) is 0 Å². The summed E-state index contributed by atoms with van der Waals surface area (Å²) in [6.45, 7) is 0. The van der Waals surface area contributed by atoms with Gasteiger partial charge in [0.2, 0.25) is 0 Å². The number of thioether (sulfide) groups is 1. The molecule has 0 amide bonds. The Morgan fingerprint density at radius 2 is 2.19 bits per heavy atom. The molecule has 6 nitrogen and oxygen atoms in total. The minimum Gasteiger partial charge on any atom is -0.341 e. The zero-order valence-corrected chi connectivity index (χ0v) is 12.8. The van der Waals surface area contributed by atoms with Crippen molar-refractivity contribution in [3.8, 4) is 0 Å². The molecule has 0 unspecified atom stereocenters. The Morgan fingerprint density at radius 3 is 3.14 bits per heavy atom. The fraction of sp³-hybridized carbons (Fsp3) is 0.0833. The molecular formula is C12H7ClN6S2. The van der Waals surface area contributed by atoms with Crippen molar-refractivity contribution in [2.45, 2.75) is 10.8 Å². The minimum absolute atomic E-state index is 0.492. The van der Waals surface area contributed by atoms with Gasteiger partial charge in [0.05, 0.1) is 12.1 Å². The van der Waals surface area contributed by atoms with Gasteiger partial charge in [-0.15, -0.1) is 11.3 Å². The molecule has 4 heterocycles. The molecule has 104 valence electrons. The average molecular weight is 335 g/mol. The van der Waals surface area contributed by atoms with E-state index in [4.69, 9.17) is 11.6 Å². The van der Waals surface area contributed by atoms with E-state index in [1.807, 2.05) is 11.4 Å². The first-order valence-electron chi connectivity index (χ1n) is 5.98. The predicted octanol–water partition coefficient (Wildman–Crippen LogP) is 3.30. The van der Waals surface area contributed by atoms with Gasteiger partial charge < -0.3 is 4.98 Å². The van der Waals surface area contributed by atoms with Crippen LogP contribution in [0.2, 0.25) is 5.15 Å². The molecule has 0 aromatic carbocycles. The first-order chi connectivity index (χ1) is 10.3. The maximum Gasteiger partial charge on any atom is 0.181 e. The molecule has 21 heavy (non-hydrogen) atoms. The number of hydrogen-bond donors (Lipinski definition) is 1. The third-order valence-electron chi connectivity index (χ3n) is 2.85. The maximum absolute atomic E-state index is 6.17. The molecule has 1 N–H and O–H groups in total. The molecule has 0 radical (unpaired) electrons. The Bertz CT molecular complexity index is 934. The van der Waals surface area contributed by atoms with Crippen molar-refractivity contribution in [3.05, 3.63) is 35.1 Å². The highest BCUT2D eigenvalue weighted by Crippen LogP contribution is 2.28. The number of hydrogen-bond acceptors (Lipinski definition) is 7. The van der Waals surface area contributed by atoms with Crippen molar-refractivity contribution < 1.29 is 0 Å². The fourth-order valence-electron chi connectivity index (χ4n) is 1.91. The van der Waals surface area contributed by atoms with Crippen molar-refractivity contribution in [1.29, 1.82) is 0 Å². The van der Waals surface area contributed by atoms with Gasteiger partial charge in [0.25, 0.3) is 0 Å². The van der Waals surface area contributed by atoms with E-state index in [1.54, 1.807) is 17.7 Å². The number of aromatic nitrogens is 6. The van der Waals surface area contributed by atoms with E-state index in [0.29, 0.717) is 22.4 Å². The van der Waals surface area contributed by atoms with Crippen LogP contribution in [-0.4, -0.2) is 29.9 Å². The second kappa shape index (κ2) is 5.21. The van der Waals surface area contributed by atoms with Crippen LogP contribution >= 0.6 is 34.7 Å². The van der Waals surface area contributed by atoms with E-state index in [9.17, 15) is 0 Å². The molecule has 4 aromatic heterocycles. The molecule has 0 fully saturated rings. The quantitative estimate of drug-likeness (QED) is 0.457. The average Bonchev–Trinajstić information content (AvgIpc) is 3.13. The normalized spacial score (nSPS) is 11.5. The molecule has 4 rings (SSSR count). The zero-order chi connectivity index (χ0) is 14.2. The van der Waals surface area contributed by atoms with Crippen molar-refractivity contribution in [2.75, 3.05) is 0 Å². The van der Waals surface area contributed by atoms with Crippen molar-refractivity contribution >= 4 is 56.1 Å². The van der Waals surface area contributed by atoms with E-state index in [-0.39, 0.29) is 0 Å². The molecule has 0 aliphatic heterocycles. The van der Waals surface area contributed by atoms with Crippen LogP contribution in [0.25, 0.3) is 21.4 Å². The highest BCUT2D eigenvalue weighted by Gasteiger charge is 2.10. The molecule has 0 aliphatic carbocycles. The highest BCUT2D eigenvalue weighted by molar-refractivity contribution is 7.98. The first-order valence-corrected chi connectivity index (χ1v) is 8.22. The van der Waals surface area contributed by atoms with E-state index in [0.717, 1.165) is 20.8 Å². The first kappa shape index (κ1) is 12.9. The molecule has 0 atom stereocenters. The monoisotopic (exact) mass is 334 g/mol. The molecule has 4 aromatic rings. The van der Waals surface area contributed by atoms with Crippen LogP contribution in [-0.2, 0) is 5.75 Å². The summed E-state index contributed by atoms with van der Waals surface area (Å²) in [6, 6.07) is 1.93. The van der Waals surface area contributed by atoms with Gasteiger partial charge in [0.15, 0.2) is 5.65 Å². The van der Waals surface area contributed by atoms with Crippen molar-refractivity contribution in [1.82, 2.24) is 29.9 Å². The number of nitrogens with zero attached hydrogens (tertiary/aromatic N) is 5. The van der Waals surface area contributed by atoms with Crippen LogP contribution in [0.3, 0.4) is 0 Å². The molecular weight excluding hydrogens is 328 g/mol. The number of rotatable bonds is 3. The number of fused-ring (bicyclic) bond motifs is 2. The van der Waals surface area contributed by atoms with Crippen LogP contribution < -0.4 is 0 Å². The summed E-state index contributed by atoms with van der Waals surface area (Å²) >= 11 is 9.25. The van der Waals surface area contributed by atoms with Crippen molar-refractivity contribution in [3.63, 3.8) is 0 Å². The van der Waals surface area contributed by atoms with Crippen LogP contribution in [0.5, 0.6) is 0 Å². The molecule has 0 saturated heterocycles. The lowest BCUT2D eigenvalue weighted by molar-refractivity contribution is 1.05. The van der Waals surface area contributed by atoms with Crippen LogP contribution in [0.4, 0.5) is 0 Å². The lowest BCUT2D eigenvalue weighted by Crippen LogP contribution is -1.94. The van der Waals surface area contributed by atoms with E-state index < -0.39 is 0 Å². The highest BCUT2D eigenvalue weighted by atomic mass is 35.5. The summed E-state index contributed by atoms with van der Waals surface area (Å²) in [6.07, 6.45) is 3.11. The maximum atomic E-state index is 6.17. The summed E-state index contributed by atoms with van der Waals surface area (Å²) in [5.41, 5.74) is 1.48. The van der Waals surface area contributed by atoms with E-state index in [2.05, 4.69) is 29.9 Å². The van der Waals surface area contributed by atoms with Gasteiger partial charge in [0, 0.05) is 5.39 Å². The minimum atomic E-state index is 0.492. The second-order valence-corrected chi connectivity index (χ2v) is 6.36. The Balaban J connectivity index is 1.64. The second-order valence-electron chi connectivity index (χ2n) is 4.14. The summed E-state index contributed by atoms with van der Waals surface area (Å²) in [7, 11) is 0. The van der Waals surface area contributed by atoms with Gasteiger partial charge in [-0.1, -0.05) is 23.4 Å². The molecule has 9 heteroatoms. The van der Waals surface area contributed by atoms with Gasteiger partial charge in [-0.3, -0.25) is 0 Å².